The van der Waals surface area contributed by atoms with Crippen LogP contribution in [0.3, 0.4) is 0 Å². The Morgan fingerprint density at radius 3 is 1.40 bits per heavy atom. The van der Waals surface area contributed by atoms with Gasteiger partial charge >= 0.3 is 13.8 Å². The molecule has 2 unspecified atom stereocenters. The lowest BCUT2D eigenvalue weighted by atomic mass is 10.0. The van der Waals surface area contributed by atoms with Crippen LogP contribution >= 0.6 is 7.82 Å². The predicted molar refractivity (Wildman–Crippen MR) is 187 cm³/mol. The molecule has 0 aromatic heterocycles. The summed E-state index contributed by atoms with van der Waals surface area (Å²) in [5.41, 5.74) is 5.35. The van der Waals surface area contributed by atoms with Gasteiger partial charge in [-0.05, 0) is 12.8 Å². The molecule has 0 saturated carbocycles. The first-order chi connectivity index (χ1) is 21.9. The fraction of sp³-hybridized carbons (Fsp3) is 0.972. The minimum absolute atomic E-state index is 0.0905. The summed E-state index contributed by atoms with van der Waals surface area (Å²) in [6.45, 7) is 4.95. The van der Waals surface area contributed by atoms with Crippen molar-refractivity contribution in [1.82, 2.24) is 0 Å². The van der Waals surface area contributed by atoms with Gasteiger partial charge in [0, 0.05) is 19.6 Å². The van der Waals surface area contributed by atoms with E-state index in [9.17, 15) is 14.3 Å². The maximum absolute atomic E-state index is 12.5. The average Bonchev–Trinajstić information content (AvgIpc) is 3.02. The Morgan fingerprint density at radius 1 is 0.578 bits per heavy atom. The smallest absolute Gasteiger partial charge is 0.457 e. The van der Waals surface area contributed by atoms with Crippen molar-refractivity contribution in [3.8, 4) is 0 Å². The molecule has 0 aromatic rings. The molecule has 0 amide bonds. The molecule has 0 heterocycles. The zero-order valence-electron chi connectivity index (χ0n) is 29.6. The van der Waals surface area contributed by atoms with E-state index in [1.165, 1.54) is 135 Å². The highest BCUT2D eigenvalue weighted by Crippen LogP contribution is 2.43. The van der Waals surface area contributed by atoms with E-state index in [4.69, 9.17) is 24.3 Å². The average molecular weight is 664 g/mol. The van der Waals surface area contributed by atoms with Gasteiger partial charge < -0.3 is 20.1 Å². The van der Waals surface area contributed by atoms with Crippen molar-refractivity contribution in [1.29, 1.82) is 0 Å². The number of carbonyl (C=O) groups excluding carboxylic acids is 1. The van der Waals surface area contributed by atoms with Crippen molar-refractivity contribution in [2.75, 3.05) is 33.0 Å². The summed E-state index contributed by atoms with van der Waals surface area (Å²) in [6, 6.07) is 0. The van der Waals surface area contributed by atoms with Gasteiger partial charge in [0.25, 0.3) is 0 Å². The molecule has 9 heteroatoms. The topological polar surface area (TPSA) is 117 Å². The molecular formula is C36H74NO7P. The first kappa shape index (κ1) is 44.5. The fourth-order valence-corrected chi connectivity index (χ4v) is 6.23. The zero-order valence-corrected chi connectivity index (χ0v) is 30.5. The molecule has 0 radical (unpaired) electrons. The summed E-state index contributed by atoms with van der Waals surface area (Å²) in [7, 11) is -4.26. The van der Waals surface area contributed by atoms with Gasteiger partial charge in [0.1, 0.15) is 6.10 Å². The van der Waals surface area contributed by atoms with Gasteiger partial charge in [0.2, 0.25) is 0 Å². The highest BCUT2D eigenvalue weighted by atomic mass is 31.2. The van der Waals surface area contributed by atoms with Crippen LogP contribution in [-0.2, 0) is 27.9 Å². The Hall–Kier alpha value is -0.500. The van der Waals surface area contributed by atoms with E-state index in [-0.39, 0.29) is 32.3 Å². The molecule has 0 aromatic carbocycles. The molecule has 270 valence electrons. The van der Waals surface area contributed by atoms with Crippen LogP contribution in [-0.4, -0.2) is 49.9 Å². The Kier molecular flexibility index (Phi) is 34.4. The molecular weight excluding hydrogens is 589 g/mol. The van der Waals surface area contributed by atoms with Gasteiger partial charge in [-0.15, -0.1) is 0 Å². The van der Waals surface area contributed by atoms with E-state index >= 15 is 0 Å². The van der Waals surface area contributed by atoms with Crippen molar-refractivity contribution in [3.63, 3.8) is 0 Å². The summed E-state index contributed by atoms with van der Waals surface area (Å²) in [5, 5.41) is 0. The highest BCUT2D eigenvalue weighted by Gasteiger charge is 2.25. The second-order valence-electron chi connectivity index (χ2n) is 12.8. The normalized spacial score (nSPS) is 13.6. The van der Waals surface area contributed by atoms with E-state index in [0.717, 1.165) is 32.1 Å². The molecule has 8 nitrogen and oxygen atoms in total. The van der Waals surface area contributed by atoms with Gasteiger partial charge in [-0.1, -0.05) is 168 Å². The molecule has 0 aliphatic rings. The molecule has 0 rings (SSSR count). The summed E-state index contributed by atoms with van der Waals surface area (Å²) in [4.78, 5) is 22.3. The quantitative estimate of drug-likeness (QED) is 0.0383. The third kappa shape index (κ3) is 34.6. The Bertz CT molecular complexity index is 667. The maximum atomic E-state index is 12.5. The molecule has 0 aliphatic carbocycles. The van der Waals surface area contributed by atoms with Crippen molar-refractivity contribution in [3.05, 3.63) is 0 Å². The van der Waals surface area contributed by atoms with E-state index in [2.05, 4.69) is 13.8 Å². The van der Waals surface area contributed by atoms with Gasteiger partial charge in [0.15, 0.2) is 0 Å². The third-order valence-corrected chi connectivity index (χ3v) is 9.26. The number of esters is 1. The Morgan fingerprint density at radius 2 is 0.978 bits per heavy atom. The molecule has 2 atom stereocenters. The lowest BCUT2D eigenvalue weighted by Gasteiger charge is -2.20. The molecule has 0 saturated heterocycles. The van der Waals surface area contributed by atoms with Crippen LogP contribution in [0, 0.1) is 0 Å². The molecule has 0 spiro atoms. The van der Waals surface area contributed by atoms with Crippen molar-refractivity contribution < 1.29 is 32.8 Å². The number of nitrogens with two attached hydrogens (primary N) is 1. The summed E-state index contributed by atoms with van der Waals surface area (Å²) in [5.74, 6) is -0.327. The zero-order chi connectivity index (χ0) is 33.1. The van der Waals surface area contributed by atoms with E-state index in [1.807, 2.05) is 0 Å². The van der Waals surface area contributed by atoms with Gasteiger partial charge in [-0.2, -0.15) is 0 Å². The number of unbranched alkanes of at least 4 members (excludes halogenated alkanes) is 24. The summed E-state index contributed by atoms with van der Waals surface area (Å²) in [6.07, 6.45) is 32.5. The summed E-state index contributed by atoms with van der Waals surface area (Å²) >= 11 is 0. The number of rotatable bonds is 37. The molecule has 3 N–H and O–H groups in total. The van der Waals surface area contributed by atoms with Crippen LogP contribution in [0.15, 0.2) is 0 Å². The minimum atomic E-state index is -4.26. The second-order valence-corrected chi connectivity index (χ2v) is 14.3. The van der Waals surface area contributed by atoms with E-state index in [0.29, 0.717) is 13.0 Å². The Labute approximate surface area is 278 Å². The van der Waals surface area contributed by atoms with Crippen LogP contribution in [0.5, 0.6) is 0 Å². The highest BCUT2D eigenvalue weighted by molar-refractivity contribution is 7.47. The van der Waals surface area contributed by atoms with Gasteiger partial charge in [0.05, 0.1) is 19.8 Å². The third-order valence-electron chi connectivity index (χ3n) is 8.27. The first-order valence-electron chi connectivity index (χ1n) is 19.0. The molecule has 45 heavy (non-hydrogen) atoms. The number of hydrogen-bond donors (Lipinski definition) is 2. The second kappa shape index (κ2) is 34.8. The number of phosphoric ester groups is 1. The van der Waals surface area contributed by atoms with Crippen LogP contribution in [0.1, 0.15) is 187 Å². The Balaban J connectivity index is 4.02. The molecule has 0 bridgehead atoms. The van der Waals surface area contributed by atoms with Crippen molar-refractivity contribution >= 4 is 13.8 Å². The summed E-state index contributed by atoms with van der Waals surface area (Å²) < 4.78 is 33.2. The molecule has 0 fully saturated rings. The van der Waals surface area contributed by atoms with E-state index < -0.39 is 13.9 Å². The van der Waals surface area contributed by atoms with Crippen molar-refractivity contribution in [2.24, 2.45) is 5.73 Å². The fourth-order valence-electron chi connectivity index (χ4n) is 5.47. The number of ether oxygens (including phenoxy) is 2. The minimum Gasteiger partial charge on any atom is -0.457 e. The monoisotopic (exact) mass is 664 g/mol. The van der Waals surface area contributed by atoms with Crippen LogP contribution in [0.25, 0.3) is 0 Å². The lowest BCUT2D eigenvalue weighted by molar-refractivity contribution is -0.154. The SMILES string of the molecule is CCCCCCCCCCCCCCCCCCC(=O)OC(COCCCCCCCCCCCC)COP(=O)(O)OCCN. The van der Waals surface area contributed by atoms with Crippen LogP contribution < -0.4 is 5.73 Å². The first-order valence-corrected chi connectivity index (χ1v) is 20.5. The standard InChI is InChI=1S/C36H74NO7P/c1-3-5-7-9-11-13-15-16-17-18-19-20-21-23-25-27-29-36(38)44-35(34-43-45(39,40)42-32-30-37)33-41-31-28-26-24-22-14-12-10-8-6-4-2/h35H,3-34,37H2,1-2H3,(H,39,40). The van der Waals surface area contributed by atoms with E-state index in [1.54, 1.807) is 0 Å². The number of hydrogen-bond acceptors (Lipinski definition) is 7. The number of carbonyl (C=O) groups is 1. The number of phosphoric acid groups is 1. The van der Waals surface area contributed by atoms with Crippen molar-refractivity contribution in [2.45, 2.75) is 193 Å². The molecule has 0 aliphatic heterocycles. The predicted octanol–water partition coefficient (Wildman–Crippen LogP) is 10.6. The van der Waals surface area contributed by atoms with Gasteiger partial charge in [-0.25, -0.2) is 4.57 Å². The largest absolute Gasteiger partial charge is 0.472 e. The van der Waals surface area contributed by atoms with Crippen LogP contribution in [0.4, 0.5) is 0 Å². The lowest BCUT2D eigenvalue weighted by Crippen LogP contribution is -2.28. The van der Waals surface area contributed by atoms with Crippen LogP contribution in [0.2, 0.25) is 0 Å². The maximum Gasteiger partial charge on any atom is 0.472 e. The van der Waals surface area contributed by atoms with Gasteiger partial charge in [-0.3, -0.25) is 13.8 Å².